The fourth-order valence-electron chi connectivity index (χ4n) is 4.29. The number of hydrogen-bond donors (Lipinski definition) is 3. The van der Waals surface area contributed by atoms with E-state index in [0.29, 0.717) is 40.3 Å². The van der Waals surface area contributed by atoms with Crippen LogP contribution in [0.1, 0.15) is 43.0 Å². The van der Waals surface area contributed by atoms with Crippen LogP contribution in [-0.4, -0.2) is 34.2 Å². The van der Waals surface area contributed by atoms with Gasteiger partial charge in [-0.25, -0.2) is 4.79 Å². The topological polar surface area (TPSA) is 103 Å². The molecule has 3 aromatic carbocycles. The third-order valence-electron chi connectivity index (χ3n) is 6.36. The SMILES string of the molecule is C=CC(C)(C)c1cc(C2CC(c3ccc(O)cc3)=NC(=O)N2c2cccc(O)c2)c(OC)cc1O. The molecule has 0 saturated heterocycles. The fraction of sp³-hybridized carbons (Fsp3) is 0.214. The lowest BCUT2D eigenvalue weighted by Crippen LogP contribution is -2.39. The van der Waals surface area contributed by atoms with Crippen LogP contribution < -0.4 is 9.64 Å². The summed E-state index contributed by atoms with van der Waals surface area (Å²) in [5, 5.41) is 30.5. The van der Waals surface area contributed by atoms with Crippen molar-refractivity contribution in [3.05, 3.63) is 90.0 Å². The fourth-order valence-corrected chi connectivity index (χ4v) is 4.29. The number of hydrogen-bond acceptors (Lipinski definition) is 5. The van der Waals surface area contributed by atoms with Crippen LogP contribution in [-0.2, 0) is 5.41 Å². The summed E-state index contributed by atoms with van der Waals surface area (Å²) in [5.74, 6) is 0.620. The van der Waals surface area contributed by atoms with Gasteiger partial charge in [0.1, 0.15) is 23.0 Å². The van der Waals surface area contributed by atoms with E-state index in [1.54, 1.807) is 48.5 Å². The normalized spacial score (nSPS) is 16.1. The van der Waals surface area contributed by atoms with Crippen molar-refractivity contribution in [2.24, 2.45) is 4.99 Å². The molecule has 0 radical (unpaired) electrons. The number of carbonyl (C=O) groups excluding carboxylic acids is 1. The summed E-state index contributed by atoms with van der Waals surface area (Å²) in [4.78, 5) is 19.3. The first-order valence-electron chi connectivity index (χ1n) is 11.2. The number of rotatable bonds is 6. The monoisotopic (exact) mass is 472 g/mol. The highest BCUT2D eigenvalue weighted by atomic mass is 16.5. The van der Waals surface area contributed by atoms with Crippen molar-refractivity contribution in [1.82, 2.24) is 0 Å². The molecule has 0 fully saturated rings. The van der Waals surface area contributed by atoms with E-state index < -0.39 is 17.5 Å². The van der Waals surface area contributed by atoms with E-state index in [2.05, 4.69) is 11.6 Å². The van der Waals surface area contributed by atoms with Crippen molar-refractivity contribution >= 4 is 17.4 Å². The van der Waals surface area contributed by atoms with Crippen molar-refractivity contribution < 1.29 is 24.9 Å². The number of aromatic hydroxyl groups is 3. The summed E-state index contributed by atoms with van der Waals surface area (Å²) in [7, 11) is 1.51. The van der Waals surface area contributed by atoms with E-state index in [1.807, 2.05) is 19.9 Å². The molecule has 0 aliphatic carbocycles. The van der Waals surface area contributed by atoms with E-state index in [1.165, 1.54) is 24.1 Å². The Bertz CT molecular complexity index is 1310. The van der Waals surface area contributed by atoms with Crippen molar-refractivity contribution in [1.29, 1.82) is 0 Å². The maximum atomic E-state index is 13.4. The Morgan fingerprint density at radius 2 is 1.77 bits per heavy atom. The van der Waals surface area contributed by atoms with Crippen LogP contribution in [0, 0.1) is 0 Å². The number of aliphatic imine (C=N–C) groups is 1. The first kappa shape index (κ1) is 23.9. The number of benzene rings is 3. The van der Waals surface area contributed by atoms with Gasteiger partial charge in [-0.1, -0.05) is 26.0 Å². The molecule has 1 unspecified atom stereocenters. The zero-order valence-corrected chi connectivity index (χ0v) is 19.9. The van der Waals surface area contributed by atoms with Gasteiger partial charge in [0.25, 0.3) is 0 Å². The summed E-state index contributed by atoms with van der Waals surface area (Å²) < 4.78 is 5.63. The quantitative estimate of drug-likeness (QED) is 0.391. The van der Waals surface area contributed by atoms with Crippen molar-refractivity contribution in [2.45, 2.75) is 31.7 Å². The maximum Gasteiger partial charge on any atom is 0.348 e. The Hall–Kier alpha value is -4.26. The second-order valence-electron chi connectivity index (χ2n) is 9.03. The van der Waals surface area contributed by atoms with Gasteiger partial charge >= 0.3 is 6.03 Å². The Balaban J connectivity index is 1.93. The Morgan fingerprint density at radius 3 is 2.40 bits per heavy atom. The first-order valence-corrected chi connectivity index (χ1v) is 11.2. The summed E-state index contributed by atoms with van der Waals surface area (Å²) in [6.45, 7) is 7.78. The molecular formula is C28H28N2O5. The zero-order chi connectivity index (χ0) is 25.3. The second-order valence-corrected chi connectivity index (χ2v) is 9.03. The average molecular weight is 473 g/mol. The Labute approximate surface area is 204 Å². The molecule has 0 saturated carbocycles. The minimum absolute atomic E-state index is 0.0218. The van der Waals surface area contributed by atoms with E-state index in [9.17, 15) is 20.1 Å². The Morgan fingerprint density at radius 1 is 1.06 bits per heavy atom. The van der Waals surface area contributed by atoms with Crippen molar-refractivity contribution in [3.63, 3.8) is 0 Å². The largest absolute Gasteiger partial charge is 0.508 e. The molecule has 7 nitrogen and oxygen atoms in total. The molecule has 2 amide bonds. The lowest BCUT2D eigenvalue weighted by atomic mass is 9.81. The average Bonchev–Trinajstić information content (AvgIpc) is 2.83. The van der Waals surface area contributed by atoms with Crippen LogP contribution in [0.4, 0.5) is 10.5 Å². The summed E-state index contributed by atoms with van der Waals surface area (Å²) in [5.41, 5.74) is 2.51. The van der Waals surface area contributed by atoms with Crippen molar-refractivity contribution in [3.8, 4) is 23.0 Å². The van der Waals surface area contributed by atoms with Gasteiger partial charge in [-0.2, -0.15) is 4.99 Å². The lowest BCUT2D eigenvalue weighted by Gasteiger charge is -2.36. The van der Waals surface area contributed by atoms with Gasteiger partial charge in [0.05, 0.1) is 18.9 Å². The molecule has 0 aromatic heterocycles. The third kappa shape index (κ3) is 4.57. The zero-order valence-electron chi connectivity index (χ0n) is 19.9. The first-order chi connectivity index (χ1) is 16.6. The molecule has 3 aromatic rings. The Kier molecular flexibility index (Phi) is 6.26. The molecule has 0 bridgehead atoms. The minimum atomic E-state index is -0.555. The number of phenols is 3. The lowest BCUT2D eigenvalue weighted by molar-refractivity contribution is 0.251. The van der Waals surface area contributed by atoms with Gasteiger partial charge in [-0.15, -0.1) is 6.58 Å². The molecule has 1 heterocycles. The van der Waals surface area contributed by atoms with Gasteiger partial charge in [0.15, 0.2) is 0 Å². The number of methoxy groups -OCH3 is 1. The van der Waals surface area contributed by atoms with Gasteiger partial charge in [-0.3, -0.25) is 4.90 Å². The van der Waals surface area contributed by atoms with E-state index in [4.69, 9.17) is 4.74 Å². The predicted octanol–water partition coefficient (Wildman–Crippen LogP) is 5.84. The molecular weight excluding hydrogens is 444 g/mol. The highest BCUT2D eigenvalue weighted by Crippen LogP contribution is 2.44. The summed E-state index contributed by atoms with van der Waals surface area (Å²) >= 11 is 0. The third-order valence-corrected chi connectivity index (χ3v) is 6.36. The molecule has 4 rings (SSSR count). The molecule has 180 valence electrons. The number of anilines is 1. The number of nitrogens with zero attached hydrogens (tertiary/aromatic N) is 2. The molecule has 3 N–H and O–H groups in total. The van der Waals surface area contributed by atoms with Gasteiger partial charge < -0.3 is 20.1 Å². The van der Waals surface area contributed by atoms with Crippen LogP contribution in [0.25, 0.3) is 0 Å². The van der Waals surface area contributed by atoms with Crippen LogP contribution in [0.5, 0.6) is 23.0 Å². The number of urea groups is 1. The van der Waals surface area contributed by atoms with Crippen molar-refractivity contribution in [2.75, 3.05) is 12.0 Å². The van der Waals surface area contributed by atoms with E-state index >= 15 is 0 Å². The number of allylic oxidation sites excluding steroid dienone is 1. The highest BCUT2D eigenvalue weighted by molar-refractivity contribution is 6.12. The second kappa shape index (κ2) is 9.18. The van der Waals surface area contributed by atoms with Crippen LogP contribution >= 0.6 is 0 Å². The molecule has 1 aliphatic rings. The van der Waals surface area contributed by atoms with Crippen LogP contribution in [0.2, 0.25) is 0 Å². The van der Waals surface area contributed by atoms with E-state index in [0.717, 1.165) is 0 Å². The number of ether oxygens (including phenoxy) is 1. The van der Waals surface area contributed by atoms with Gasteiger partial charge in [0.2, 0.25) is 0 Å². The smallest absolute Gasteiger partial charge is 0.348 e. The molecule has 7 heteroatoms. The predicted molar refractivity (Wildman–Crippen MR) is 136 cm³/mol. The summed E-state index contributed by atoms with van der Waals surface area (Å²) in [6.07, 6.45) is 2.09. The molecule has 35 heavy (non-hydrogen) atoms. The number of carbonyl (C=O) groups is 1. The number of amides is 2. The minimum Gasteiger partial charge on any atom is -0.508 e. The van der Waals surface area contributed by atoms with Gasteiger partial charge in [0, 0.05) is 40.8 Å². The number of phenolic OH excluding ortho intramolecular Hbond substituents is 3. The molecule has 1 aliphatic heterocycles. The molecule has 1 atom stereocenters. The molecule has 0 spiro atoms. The van der Waals surface area contributed by atoms with Gasteiger partial charge in [-0.05, 0) is 48.0 Å². The highest BCUT2D eigenvalue weighted by Gasteiger charge is 2.36. The van der Waals surface area contributed by atoms with Crippen LogP contribution in [0.15, 0.2) is 78.3 Å². The summed E-state index contributed by atoms with van der Waals surface area (Å²) in [6, 6.07) is 15.3. The standard InChI is InChI=1S/C28H28N2O5/c1-5-28(2,3)22-14-21(26(35-4)16-25(22)33)24-15-23(17-9-11-19(31)12-10-17)29-27(34)30(24)18-7-6-8-20(32)13-18/h5-14,16,24,31-33H,1,15H2,2-4H3. The maximum absolute atomic E-state index is 13.4. The van der Waals surface area contributed by atoms with Crippen LogP contribution in [0.3, 0.4) is 0 Å². The van der Waals surface area contributed by atoms with E-state index in [-0.39, 0.29) is 17.2 Å².